The van der Waals surface area contributed by atoms with Gasteiger partial charge < -0.3 is 37.9 Å². The summed E-state index contributed by atoms with van der Waals surface area (Å²) >= 11 is 0. The number of benzene rings is 1. The molecule has 3 fully saturated rings. The summed E-state index contributed by atoms with van der Waals surface area (Å²) in [7, 11) is 2.37. The molecule has 3 heterocycles. The number of carbonyl (C=O) groups excluding carboxylic acids is 2. The molecule has 3 aliphatic rings. The van der Waals surface area contributed by atoms with Crippen LogP contribution in [0.4, 0.5) is 4.79 Å². The number of piperidine rings is 2. The van der Waals surface area contributed by atoms with E-state index in [1.54, 1.807) is 4.90 Å². The van der Waals surface area contributed by atoms with Gasteiger partial charge in [-0.3, -0.25) is 4.90 Å². The van der Waals surface area contributed by atoms with Crippen LogP contribution >= 0.6 is 0 Å². The lowest BCUT2D eigenvalue weighted by atomic mass is 9.82. The van der Waals surface area contributed by atoms with Gasteiger partial charge in [-0.05, 0) is 44.1 Å². The minimum atomic E-state index is -0.510. The summed E-state index contributed by atoms with van der Waals surface area (Å²) < 4.78 is 12.4. The number of likely N-dealkylation sites (tertiary alicyclic amines) is 1. The smallest absolute Gasteiger partial charge is 0.410 e. The highest BCUT2D eigenvalue weighted by Crippen LogP contribution is 2.36. The van der Waals surface area contributed by atoms with Crippen molar-refractivity contribution < 1.29 is 47.5 Å². The lowest BCUT2D eigenvalue weighted by Gasteiger charge is -2.51. The third-order valence-electron chi connectivity index (χ3n) is 7.41. The van der Waals surface area contributed by atoms with Crippen LogP contribution in [-0.2, 0) is 20.9 Å². The number of ether oxygens (including phenoxy) is 2. The number of nitrogens with zero attached hydrogens (tertiary/aromatic N) is 2. The van der Waals surface area contributed by atoms with Crippen LogP contribution in [0.15, 0.2) is 30.3 Å². The van der Waals surface area contributed by atoms with Gasteiger partial charge in [-0.1, -0.05) is 30.3 Å². The Balaban J connectivity index is 0.00000272. The molecule has 1 amide bonds. The van der Waals surface area contributed by atoms with Crippen molar-refractivity contribution in [2.24, 2.45) is 5.92 Å². The molecule has 2 unspecified atom stereocenters. The molecule has 0 radical (unpaired) electrons. The van der Waals surface area contributed by atoms with E-state index in [1.807, 2.05) is 30.3 Å². The summed E-state index contributed by atoms with van der Waals surface area (Å²) in [5.74, 6) is 0.174. The number of halogens is 1. The van der Waals surface area contributed by atoms with Crippen molar-refractivity contribution in [3.63, 3.8) is 0 Å². The lowest BCUT2D eigenvalue weighted by Crippen LogP contribution is -3.00. The summed E-state index contributed by atoms with van der Waals surface area (Å²) in [6.07, 6.45) is 7.21. The van der Waals surface area contributed by atoms with Gasteiger partial charge in [0.15, 0.2) is 0 Å². The van der Waals surface area contributed by atoms with E-state index in [4.69, 9.17) is 9.47 Å². The van der Waals surface area contributed by atoms with Crippen LogP contribution in [0.1, 0.15) is 50.5 Å². The van der Waals surface area contributed by atoms with Gasteiger partial charge in [0, 0.05) is 18.9 Å². The zero-order valence-electron chi connectivity index (χ0n) is 18.5. The summed E-state index contributed by atoms with van der Waals surface area (Å²) in [6, 6.07) is 9.70. The molecule has 4 atom stereocenters. The maximum atomic E-state index is 12.8. The Kier molecular flexibility index (Phi) is 8.61. The fraction of sp³-hybridized carbons (Fsp3) is 0.667. The highest BCUT2D eigenvalue weighted by molar-refractivity contribution is 5.82. The number of carbonyl (C=O) groups is 2. The van der Waals surface area contributed by atoms with E-state index in [0.717, 1.165) is 22.9 Å². The van der Waals surface area contributed by atoms with Gasteiger partial charge in [0.05, 0.1) is 32.8 Å². The summed E-state index contributed by atoms with van der Waals surface area (Å²) in [5, 5.41) is 0. The zero-order chi connectivity index (χ0) is 21.0. The average molecular weight is 542 g/mol. The largest absolute Gasteiger partial charge is 1.00 e. The first-order valence-electron chi connectivity index (χ1n) is 11.5. The number of rotatable bonds is 5. The van der Waals surface area contributed by atoms with Crippen LogP contribution < -0.4 is 24.0 Å². The fourth-order valence-corrected chi connectivity index (χ4v) is 5.75. The number of amides is 1. The van der Waals surface area contributed by atoms with Crippen LogP contribution in [0.5, 0.6) is 0 Å². The Bertz CT molecular complexity index is 742. The minimum Gasteiger partial charge on any atom is -1.00 e. The molecular formula is C24H35IN2O4. The van der Waals surface area contributed by atoms with Crippen molar-refractivity contribution in [1.82, 2.24) is 4.90 Å². The predicted octanol–water partition coefficient (Wildman–Crippen LogP) is 0.744. The van der Waals surface area contributed by atoms with Gasteiger partial charge in [0.1, 0.15) is 12.6 Å². The van der Waals surface area contributed by atoms with E-state index in [9.17, 15) is 9.59 Å². The van der Waals surface area contributed by atoms with Crippen molar-refractivity contribution >= 4 is 12.1 Å². The van der Waals surface area contributed by atoms with Crippen LogP contribution in [0.3, 0.4) is 0 Å². The second-order valence-corrected chi connectivity index (χ2v) is 9.41. The third kappa shape index (κ3) is 5.72. The first-order valence-corrected chi connectivity index (χ1v) is 11.5. The van der Waals surface area contributed by atoms with Crippen molar-refractivity contribution in [3.8, 4) is 0 Å². The molecule has 172 valence electrons. The molecule has 0 spiro atoms. The number of hydrogen-bond acceptors (Lipinski definition) is 4. The number of quaternary nitrogens is 1. The molecule has 7 heteroatoms. The summed E-state index contributed by atoms with van der Waals surface area (Å²) in [4.78, 5) is 27.0. The molecule has 0 aromatic heterocycles. The van der Waals surface area contributed by atoms with Crippen molar-refractivity contribution in [2.45, 2.75) is 63.6 Å². The van der Waals surface area contributed by atoms with Gasteiger partial charge in [0.2, 0.25) is 0 Å². The zero-order valence-corrected chi connectivity index (χ0v) is 20.7. The van der Waals surface area contributed by atoms with E-state index in [0.29, 0.717) is 31.5 Å². The molecule has 0 bridgehead atoms. The van der Waals surface area contributed by atoms with Gasteiger partial charge in [0.25, 0.3) is 0 Å². The maximum absolute atomic E-state index is 12.8. The van der Waals surface area contributed by atoms with Gasteiger partial charge in [-0.15, -0.1) is 0 Å². The van der Waals surface area contributed by atoms with Crippen molar-refractivity contribution in [2.75, 3.05) is 33.3 Å². The molecule has 31 heavy (non-hydrogen) atoms. The van der Waals surface area contributed by atoms with Crippen LogP contribution in [0, 0.1) is 5.92 Å². The summed E-state index contributed by atoms with van der Waals surface area (Å²) in [5.41, 5.74) is 0.940. The van der Waals surface area contributed by atoms with Crippen molar-refractivity contribution in [1.29, 1.82) is 0 Å². The SMILES string of the molecule is C[N+]12CCCC[C@H]1[C@@H](COC(=O)C1CCCN1C(=O)OCc1ccccc1)CCC2.[I-]. The van der Waals surface area contributed by atoms with Gasteiger partial charge in [-0.25, -0.2) is 9.59 Å². The molecule has 0 aliphatic carbocycles. The molecule has 1 aromatic rings. The standard InChI is InChI=1S/C24H35N2O4.HI/c1-26-15-6-5-13-22(26)20(11-8-16-26)18-29-23(27)21-12-7-14-25(21)24(28)30-17-19-9-3-2-4-10-19;/h2-4,9-10,20-22H,5-8,11-18H2,1H3;1H/q+1;/p-1/t20-,21?,22+,26?;/m1./s1. The Hall–Kier alpha value is -1.35. The first-order chi connectivity index (χ1) is 14.6. The number of hydrogen-bond donors (Lipinski definition) is 0. The Morgan fingerprint density at radius 1 is 1.00 bits per heavy atom. The average Bonchev–Trinajstić information content (AvgIpc) is 3.26. The summed E-state index contributed by atoms with van der Waals surface area (Å²) in [6.45, 7) is 3.75. The molecule has 3 aliphatic heterocycles. The van der Waals surface area contributed by atoms with Crippen LogP contribution in [-0.4, -0.2) is 66.8 Å². The molecule has 3 saturated heterocycles. The van der Waals surface area contributed by atoms with Gasteiger partial charge >= 0.3 is 12.1 Å². The highest BCUT2D eigenvalue weighted by Gasteiger charge is 2.44. The first kappa shape index (κ1) is 24.3. The highest BCUT2D eigenvalue weighted by atomic mass is 127. The molecule has 0 saturated carbocycles. The fourth-order valence-electron chi connectivity index (χ4n) is 5.75. The third-order valence-corrected chi connectivity index (χ3v) is 7.41. The second-order valence-electron chi connectivity index (χ2n) is 9.41. The molecular weight excluding hydrogens is 507 g/mol. The van der Waals surface area contributed by atoms with E-state index < -0.39 is 12.1 Å². The van der Waals surface area contributed by atoms with Gasteiger partial charge in [-0.2, -0.15) is 0 Å². The van der Waals surface area contributed by atoms with Crippen LogP contribution in [0.25, 0.3) is 0 Å². The lowest BCUT2D eigenvalue weighted by molar-refractivity contribution is -0.947. The molecule has 4 rings (SSSR count). The van der Waals surface area contributed by atoms with Crippen molar-refractivity contribution in [3.05, 3.63) is 35.9 Å². The minimum absolute atomic E-state index is 0. The Morgan fingerprint density at radius 3 is 2.58 bits per heavy atom. The van der Waals surface area contributed by atoms with E-state index >= 15 is 0 Å². The predicted molar refractivity (Wildman–Crippen MR) is 114 cm³/mol. The number of fused-ring (bicyclic) bond motifs is 1. The molecule has 0 N–H and O–H groups in total. The van der Waals surface area contributed by atoms with Crippen LogP contribution in [0.2, 0.25) is 0 Å². The maximum Gasteiger partial charge on any atom is 0.410 e. The second kappa shape index (κ2) is 11.0. The Morgan fingerprint density at radius 2 is 1.77 bits per heavy atom. The number of esters is 1. The molecule has 1 aromatic carbocycles. The van der Waals surface area contributed by atoms with E-state index in [2.05, 4.69) is 7.05 Å². The monoisotopic (exact) mass is 542 g/mol. The quantitative estimate of drug-likeness (QED) is 0.313. The Labute approximate surface area is 202 Å². The normalized spacial score (nSPS) is 30.1. The van der Waals surface area contributed by atoms with E-state index in [1.165, 1.54) is 38.8 Å². The molecule has 6 nitrogen and oxygen atoms in total. The van der Waals surface area contributed by atoms with E-state index in [-0.39, 0.29) is 36.6 Å². The topological polar surface area (TPSA) is 55.8 Å².